The summed E-state index contributed by atoms with van der Waals surface area (Å²) in [7, 11) is 0. The molecule has 1 heterocycles. The molecule has 1 atom stereocenters. The van der Waals surface area contributed by atoms with Crippen LogP contribution in [0.5, 0.6) is 5.75 Å². The maximum absolute atomic E-state index is 11.4. The van der Waals surface area contributed by atoms with E-state index in [1.54, 1.807) is 0 Å². The molecule has 0 saturated carbocycles. The van der Waals surface area contributed by atoms with E-state index in [4.69, 9.17) is 4.74 Å². The smallest absolute Gasteiger partial charge is 0.308 e. The van der Waals surface area contributed by atoms with Crippen molar-refractivity contribution in [3.05, 3.63) is 47.3 Å². The fraction of sp³-hybridized carbons (Fsp3) is 0.500. The fourth-order valence-electron chi connectivity index (χ4n) is 3.07. The van der Waals surface area contributed by atoms with Crippen molar-refractivity contribution in [2.24, 2.45) is 0 Å². The number of carbonyl (C=O) groups is 1. The van der Waals surface area contributed by atoms with Gasteiger partial charge in [0.25, 0.3) is 0 Å². The van der Waals surface area contributed by atoms with E-state index < -0.39 is 0 Å². The molecule has 146 valence electrons. The van der Waals surface area contributed by atoms with Gasteiger partial charge in [0, 0.05) is 6.92 Å². The summed E-state index contributed by atoms with van der Waals surface area (Å²) in [5, 5.41) is 3.51. The Balaban J connectivity index is 2.32. The molecule has 1 aromatic heterocycles. The molecule has 0 bridgehead atoms. The number of unbranched alkanes of at least 4 members (excludes halogenated alkanes) is 2. The van der Waals surface area contributed by atoms with E-state index in [9.17, 15) is 4.79 Å². The molecule has 0 aliphatic carbocycles. The standard InChI is InChI=1S/C22H31N3O2/c1-6-7-9-14-19(18-12-10-8-11-13-18)24-22-23-16(4)21(27-17(5)26)20(25-22)15(2)3/h8,10-13,15,19H,6-7,9,14H2,1-5H3,(H,23,24,25). The van der Waals surface area contributed by atoms with Crippen LogP contribution < -0.4 is 10.1 Å². The van der Waals surface area contributed by atoms with E-state index in [0.29, 0.717) is 17.4 Å². The van der Waals surface area contributed by atoms with E-state index in [0.717, 1.165) is 18.5 Å². The molecule has 0 spiro atoms. The van der Waals surface area contributed by atoms with Crippen molar-refractivity contribution in [2.45, 2.75) is 72.3 Å². The van der Waals surface area contributed by atoms with E-state index >= 15 is 0 Å². The number of hydrogen-bond acceptors (Lipinski definition) is 5. The summed E-state index contributed by atoms with van der Waals surface area (Å²) in [6, 6.07) is 10.5. The lowest BCUT2D eigenvalue weighted by atomic mass is 10.0. The second kappa shape index (κ2) is 10.0. The van der Waals surface area contributed by atoms with Crippen LogP contribution in [0.4, 0.5) is 5.95 Å². The average molecular weight is 370 g/mol. The van der Waals surface area contributed by atoms with Gasteiger partial charge in [-0.05, 0) is 24.8 Å². The summed E-state index contributed by atoms with van der Waals surface area (Å²) in [6.07, 6.45) is 4.55. The molecule has 0 saturated heterocycles. The van der Waals surface area contributed by atoms with Crippen molar-refractivity contribution < 1.29 is 9.53 Å². The number of esters is 1. The Hall–Kier alpha value is -2.43. The Labute approximate surface area is 162 Å². The largest absolute Gasteiger partial charge is 0.423 e. The minimum atomic E-state index is -0.356. The van der Waals surface area contributed by atoms with Crippen LogP contribution in [-0.4, -0.2) is 15.9 Å². The van der Waals surface area contributed by atoms with Gasteiger partial charge in [-0.15, -0.1) is 0 Å². The van der Waals surface area contributed by atoms with Crippen LogP contribution in [0.25, 0.3) is 0 Å². The van der Waals surface area contributed by atoms with E-state index in [1.165, 1.54) is 25.3 Å². The lowest BCUT2D eigenvalue weighted by molar-refractivity contribution is -0.132. The van der Waals surface area contributed by atoms with Crippen LogP contribution in [0, 0.1) is 6.92 Å². The SMILES string of the molecule is CCCCCC(Nc1nc(C)c(OC(C)=O)c(C(C)C)n1)c1ccccc1. The van der Waals surface area contributed by atoms with Crippen LogP contribution in [0.15, 0.2) is 30.3 Å². The summed E-state index contributed by atoms with van der Waals surface area (Å²) < 4.78 is 5.37. The van der Waals surface area contributed by atoms with Crippen molar-refractivity contribution in [3.63, 3.8) is 0 Å². The number of benzene rings is 1. The first-order valence-electron chi connectivity index (χ1n) is 9.80. The molecule has 0 aliphatic rings. The number of ether oxygens (including phenoxy) is 1. The Kier molecular flexibility index (Phi) is 7.77. The maximum Gasteiger partial charge on any atom is 0.308 e. The minimum absolute atomic E-state index is 0.122. The van der Waals surface area contributed by atoms with Gasteiger partial charge >= 0.3 is 5.97 Å². The molecule has 27 heavy (non-hydrogen) atoms. The average Bonchev–Trinajstić information content (AvgIpc) is 2.63. The summed E-state index contributed by atoms with van der Waals surface area (Å²) in [5.41, 5.74) is 2.65. The third-order valence-electron chi connectivity index (χ3n) is 4.46. The first-order chi connectivity index (χ1) is 12.9. The molecule has 5 heteroatoms. The Bertz CT molecular complexity index is 745. The lowest BCUT2D eigenvalue weighted by Gasteiger charge is -2.21. The number of aromatic nitrogens is 2. The number of aryl methyl sites for hydroxylation is 1. The van der Waals surface area contributed by atoms with Crippen LogP contribution in [-0.2, 0) is 4.79 Å². The van der Waals surface area contributed by atoms with Crippen molar-refractivity contribution in [3.8, 4) is 5.75 Å². The van der Waals surface area contributed by atoms with Crippen molar-refractivity contribution in [1.82, 2.24) is 9.97 Å². The molecular formula is C22H31N3O2. The van der Waals surface area contributed by atoms with Crippen molar-refractivity contribution in [2.75, 3.05) is 5.32 Å². The number of hydrogen-bond donors (Lipinski definition) is 1. The minimum Gasteiger partial charge on any atom is -0.423 e. The fourth-order valence-corrected chi connectivity index (χ4v) is 3.07. The highest BCUT2D eigenvalue weighted by molar-refractivity contribution is 5.70. The van der Waals surface area contributed by atoms with Crippen LogP contribution >= 0.6 is 0 Å². The zero-order valence-corrected chi connectivity index (χ0v) is 17.1. The second-order valence-corrected chi connectivity index (χ2v) is 7.20. The van der Waals surface area contributed by atoms with Crippen LogP contribution in [0.3, 0.4) is 0 Å². The summed E-state index contributed by atoms with van der Waals surface area (Å²) >= 11 is 0. The van der Waals surface area contributed by atoms with Gasteiger partial charge in [-0.1, -0.05) is 70.4 Å². The quantitative estimate of drug-likeness (QED) is 0.462. The lowest BCUT2D eigenvalue weighted by Crippen LogP contribution is -2.16. The van der Waals surface area contributed by atoms with Crippen molar-refractivity contribution in [1.29, 1.82) is 0 Å². The first kappa shape index (κ1) is 20.9. The van der Waals surface area contributed by atoms with Gasteiger partial charge in [0.2, 0.25) is 5.95 Å². The number of anilines is 1. The first-order valence-corrected chi connectivity index (χ1v) is 9.80. The predicted molar refractivity (Wildman–Crippen MR) is 109 cm³/mol. The molecule has 2 aromatic rings. The predicted octanol–water partition coefficient (Wildman–Crippen LogP) is 5.57. The van der Waals surface area contributed by atoms with Gasteiger partial charge in [0.1, 0.15) is 0 Å². The third kappa shape index (κ3) is 6.05. The number of nitrogens with zero attached hydrogens (tertiary/aromatic N) is 2. The zero-order valence-electron chi connectivity index (χ0n) is 17.1. The van der Waals surface area contributed by atoms with E-state index in [2.05, 4.69) is 46.5 Å². The third-order valence-corrected chi connectivity index (χ3v) is 4.46. The highest BCUT2D eigenvalue weighted by Crippen LogP contribution is 2.30. The van der Waals surface area contributed by atoms with Crippen LogP contribution in [0.1, 0.15) is 82.3 Å². The monoisotopic (exact) mass is 369 g/mol. The molecule has 5 nitrogen and oxygen atoms in total. The molecule has 1 aromatic carbocycles. The number of carbonyl (C=O) groups excluding carboxylic acids is 1. The van der Waals surface area contributed by atoms with Gasteiger partial charge in [0.05, 0.1) is 17.4 Å². The van der Waals surface area contributed by atoms with Gasteiger partial charge in [-0.25, -0.2) is 9.97 Å². The van der Waals surface area contributed by atoms with Crippen LogP contribution in [0.2, 0.25) is 0 Å². The van der Waals surface area contributed by atoms with Gasteiger partial charge in [-0.2, -0.15) is 0 Å². The Morgan fingerprint density at radius 2 is 1.85 bits per heavy atom. The Morgan fingerprint density at radius 3 is 2.44 bits per heavy atom. The normalized spacial score (nSPS) is 12.1. The van der Waals surface area contributed by atoms with Gasteiger partial charge in [0.15, 0.2) is 5.75 Å². The highest BCUT2D eigenvalue weighted by Gasteiger charge is 2.19. The summed E-state index contributed by atoms with van der Waals surface area (Å²) in [6.45, 7) is 9.53. The molecule has 0 amide bonds. The van der Waals surface area contributed by atoms with Gasteiger partial charge < -0.3 is 10.1 Å². The van der Waals surface area contributed by atoms with Crippen molar-refractivity contribution >= 4 is 11.9 Å². The maximum atomic E-state index is 11.4. The Morgan fingerprint density at radius 1 is 1.15 bits per heavy atom. The molecule has 0 fully saturated rings. The number of rotatable bonds is 9. The molecule has 1 unspecified atom stereocenters. The van der Waals surface area contributed by atoms with E-state index in [-0.39, 0.29) is 17.9 Å². The second-order valence-electron chi connectivity index (χ2n) is 7.20. The molecule has 0 aliphatic heterocycles. The molecular weight excluding hydrogens is 338 g/mol. The molecule has 2 rings (SSSR count). The van der Waals surface area contributed by atoms with E-state index in [1.807, 2.05) is 26.8 Å². The van der Waals surface area contributed by atoms with Gasteiger partial charge in [-0.3, -0.25) is 4.79 Å². The highest BCUT2D eigenvalue weighted by atomic mass is 16.5. The zero-order chi connectivity index (χ0) is 19.8. The number of nitrogens with one attached hydrogen (secondary N) is 1. The topological polar surface area (TPSA) is 64.1 Å². The molecule has 0 radical (unpaired) electrons. The molecule has 1 N–H and O–H groups in total. The summed E-state index contributed by atoms with van der Waals surface area (Å²) in [5.74, 6) is 0.825. The summed E-state index contributed by atoms with van der Waals surface area (Å²) in [4.78, 5) is 20.7.